The van der Waals surface area contributed by atoms with E-state index in [1.165, 1.54) is 5.56 Å². The van der Waals surface area contributed by atoms with Crippen molar-refractivity contribution in [3.05, 3.63) is 94.5 Å². The zero-order valence-corrected chi connectivity index (χ0v) is 14.5. The Bertz CT molecular complexity index is 1040. The zero-order chi connectivity index (χ0) is 17.2. The SMILES string of the molecule is Cc1ccc(C=C(c2ccc(Cl)cc2)n2nnc3ccccc32)cc1. The lowest BCUT2D eigenvalue weighted by atomic mass is 10.1. The van der Waals surface area contributed by atoms with Crippen LogP contribution < -0.4 is 0 Å². The minimum absolute atomic E-state index is 0.710. The number of benzene rings is 3. The number of hydrogen-bond donors (Lipinski definition) is 0. The van der Waals surface area contributed by atoms with Crippen LogP contribution in [0.2, 0.25) is 5.02 Å². The van der Waals surface area contributed by atoms with Gasteiger partial charge in [0.15, 0.2) is 0 Å². The Labute approximate surface area is 151 Å². The fourth-order valence-corrected chi connectivity index (χ4v) is 2.88. The van der Waals surface area contributed by atoms with E-state index in [0.29, 0.717) is 5.02 Å². The molecule has 3 aromatic carbocycles. The van der Waals surface area contributed by atoms with Gasteiger partial charge in [-0.2, -0.15) is 0 Å². The lowest BCUT2D eigenvalue weighted by Gasteiger charge is -2.10. The lowest BCUT2D eigenvalue weighted by Crippen LogP contribution is -2.01. The van der Waals surface area contributed by atoms with Gasteiger partial charge in [0, 0.05) is 10.6 Å². The topological polar surface area (TPSA) is 30.7 Å². The van der Waals surface area contributed by atoms with Crippen LogP contribution in [0, 0.1) is 6.92 Å². The quantitative estimate of drug-likeness (QED) is 0.463. The van der Waals surface area contributed by atoms with Crippen molar-refractivity contribution in [2.24, 2.45) is 0 Å². The Kier molecular flexibility index (Phi) is 4.08. The van der Waals surface area contributed by atoms with E-state index in [4.69, 9.17) is 11.6 Å². The normalized spacial score (nSPS) is 11.8. The summed E-state index contributed by atoms with van der Waals surface area (Å²) in [6.07, 6.45) is 2.11. The molecule has 0 saturated heterocycles. The molecule has 1 aromatic heterocycles. The van der Waals surface area contributed by atoms with E-state index in [1.54, 1.807) is 0 Å². The van der Waals surface area contributed by atoms with E-state index in [1.807, 2.05) is 53.2 Å². The third kappa shape index (κ3) is 3.19. The first-order valence-electron chi connectivity index (χ1n) is 8.06. The number of aromatic nitrogens is 3. The number of fused-ring (bicyclic) bond motifs is 1. The molecule has 122 valence electrons. The van der Waals surface area contributed by atoms with Crippen LogP contribution in [-0.2, 0) is 0 Å². The molecule has 0 aliphatic rings. The van der Waals surface area contributed by atoms with Crippen LogP contribution in [0.4, 0.5) is 0 Å². The van der Waals surface area contributed by atoms with Crippen LogP contribution in [0.5, 0.6) is 0 Å². The van der Waals surface area contributed by atoms with Gasteiger partial charge in [0.25, 0.3) is 0 Å². The van der Waals surface area contributed by atoms with E-state index in [9.17, 15) is 0 Å². The van der Waals surface area contributed by atoms with Crippen molar-refractivity contribution < 1.29 is 0 Å². The first kappa shape index (κ1) is 15.6. The maximum absolute atomic E-state index is 6.06. The largest absolute Gasteiger partial charge is 0.212 e. The summed E-state index contributed by atoms with van der Waals surface area (Å²) in [5.74, 6) is 0. The highest BCUT2D eigenvalue weighted by Gasteiger charge is 2.11. The third-order valence-electron chi connectivity index (χ3n) is 4.10. The molecule has 4 aromatic rings. The maximum Gasteiger partial charge on any atom is 0.113 e. The molecule has 1 heterocycles. The maximum atomic E-state index is 6.06. The van der Waals surface area contributed by atoms with Gasteiger partial charge in [-0.25, -0.2) is 4.68 Å². The van der Waals surface area contributed by atoms with Gasteiger partial charge < -0.3 is 0 Å². The average Bonchev–Trinajstić information content (AvgIpc) is 3.06. The van der Waals surface area contributed by atoms with Crippen molar-refractivity contribution in [3.8, 4) is 0 Å². The summed E-state index contributed by atoms with van der Waals surface area (Å²) >= 11 is 6.06. The first-order valence-corrected chi connectivity index (χ1v) is 8.44. The van der Waals surface area contributed by atoms with Crippen LogP contribution in [-0.4, -0.2) is 15.0 Å². The Morgan fingerprint density at radius 1 is 0.920 bits per heavy atom. The summed E-state index contributed by atoms with van der Waals surface area (Å²) in [6, 6.07) is 24.1. The molecule has 0 aliphatic carbocycles. The van der Waals surface area contributed by atoms with Gasteiger partial charge in [0.1, 0.15) is 5.52 Å². The molecule has 0 N–H and O–H groups in total. The summed E-state index contributed by atoms with van der Waals surface area (Å²) < 4.78 is 1.87. The van der Waals surface area contributed by atoms with Gasteiger partial charge in [-0.15, -0.1) is 5.10 Å². The van der Waals surface area contributed by atoms with Crippen LogP contribution in [0.15, 0.2) is 72.8 Å². The fourth-order valence-electron chi connectivity index (χ4n) is 2.75. The van der Waals surface area contributed by atoms with Gasteiger partial charge >= 0.3 is 0 Å². The predicted octanol–water partition coefficient (Wildman–Crippen LogP) is 5.44. The Morgan fingerprint density at radius 3 is 2.40 bits per heavy atom. The van der Waals surface area contributed by atoms with Crippen molar-refractivity contribution in [1.82, 2.24) is 15.0 Å². The van der Waals surface area contributed by atoms with Gasteiger partial charge in [0.2, 0.25) is 0 Å². The Balaban J connectivity index is 1.92. The third-order valence-corrected chi connectivity index (χ3v) is 4.35. The Hall–Kier alpha value is -2.91. The highest BCUT2D eigenvalue weighted by atomic mass is 35.5. The molecule has 4 heteroatoms. The molecule has 0 amide bonds. The monoisotopic (exact) mass is 345 g/mol. The van der Waals surface area contributed by atoms with E-state index >= 15 is 0 Å². The molecule has 0 fully saturated rings. The summed E-state index contributed by atoms with van der Waals surface area (Å²) in [7, 11) is 0. The van der Waals surface area contributed by atoms with Crippen molar-refractivity contribution in [3.63, 3.8) is 0 Å². The molecule has 3 nitrogen and oxygen atoms in total. The molecular formula is C21H16ClN3. The van der Waals surface area contributed by atoms with E-state index < -0.39 is 0 Å². The minimum Gasteiger partial charge on any atom is -0.212 e. The second kappa shape index (κ2) is 6.54. The minimum atomic E-state index is 0.710. The summed E-state index contributed by atoms with van der Waals surface area (Å²) in [4.78, 5) is 0. The van der Waals surface area contributed by atoms with Gasteiger partial charge in [-0.05, 0) is 42.8 Å². The molecule has 0 saturated carbocycles. The average molecular weight is 346 g/mol. The molecule has 0 radical (unpaired) electrons. The van der Waals surface area contributed by atoms with Crippen LogP contribution in [0.1, 0.15) is 16.7 Å². The number of aryl methyl sites for hydroxylation is 1. The number of nitrogens with zero attached hydrogens (tertiary/aromatic N) is 3. The van der Waals surface area contributed by atoms with Gasteiger partial charge in [-0.1, -0.05) is 70.9 Å². The molecule has 0 bridgehead atoms. The molecule has 4 rings (SSSR count). The Morgan fingerprint density at radius 2 is 1.64 bits per heavy atom. The molecule has 0 spiro atoms. The van der Waals surface area contributed by atoms with E-state index in [-0.39, 0.29) is 0 Å². The number of halogens is 1. The zero-order valence-electron chi connectivity index (χ0n) is 13.7. The van der Waals surface area contributed by atoms with Crippen molar-refractivity contribution in [2.45, 2.75) is 6.92 Å². The van der Waals surface area contributed by atoms with Crippen molar-refractivity contribution >= 4 is 34.4 Å². The van der Waals surface area contributed by atoms with Gasteiger partial charge in [-0.3, -0.25) is 0 Å². The summed E-state index contributed by atoms with van der Waals surface area (Å²) in [5, 5.41) is 9.37. The number of rotatable bonds is 3. The summed E-state index contributed by atoms with van der Waals surface area (Å²) in [5.41, 5.74) is 6.16. The van der Waals surface area contributed by atoms with Crippen molar-refractivity contribution in [2.75, 3.05) is 0 Å². The molecule has 25 heavy (non-hydrogen) atoms. The van der Waals surface area contributed by atoms with Crippen LogP contribution >= 0.6 is 11.6 Å². The fraction of sp³-hybridized carbons (Fsp3) is 0.0476. The summed E-state index contributed by atoms with van der Waals surface area (Å²) in [6.45, 7) is 2.08. The molecule has 0 unspecified atom stereocenters. The highest BCUT2D eigenvalue weighted by Crippen LogP contribution is 2.25. The lowest BCUT2D eigenvalue weighted by molar-refractivity contribution is 0.843. The smallest absolute Gasteiger partial charge is 0.113 e. The second-order valence-electron chi connectivity index (χ2n) is 5.94. The second-order valence-corrected chi connectivity index (χ2v) is 6.37. The number of para-hydroxylation sites is 1. The molecule has 0 aliphatic heterocycles. The first-order chi connectivity index (χ1) is 12.2. The van der Waals surface area contributed by atoms with Crippen LogP contribution in [0.3, 0.4) is 0 Å². The molecular weight excluding hydrogens is 330 g/mol. The van der Waals surface area contributed by atoms with E-state index in [0.717, 1.165) is 27.9 Å². The standard InChI is InChI=1S/C21H16ClN3/c1-15-6-8-16(9-7-15)14-21(17-10-12-18(22)13-11-17)25-20-5-3-2-4-19(20)23-24-25/h2-14H,1H3. The van der Waals surface area contributed by atoms with Crippen LogP contribution in [0.25, 0.3) is 22.8 Å². The predicted molar refractivity (Wildman–Crippen MR) is 103 cm³/mol. The molecule has 0 atom stereocenters. The highest BCUT2D eigenvalue weighted by molar-refractivity contribution is 6.30. The van der Waals surface area contributed by atoms with Gasteiger partial charge in [0.05, 0.1) is 11.2 Å². The number of hydrogen-bond acceptors (Lipinski definition) is 2. The van der Waals surface area contributed by atoms with Crippen molar-refractivity contribution in [1.29, 1.82) is 0 Å². The van der Waals surface area contributed by atoms with E-state index in [2.05, 4.69) is 47.6 Å².